The lowest BCUT2D eigenvalue weighted by molar-refractivity contribution is 0.591. The molecule has 0 amide bonds. The first-order valence-electron chi connectivity index (χ1n) is 32.7. The highest BCUT2D eigenvalue weighted by molar-refractivity contribution is 8.34. The molecule has 2 aliphatic rings. The van der Waals surface area contributed by atoms with Gasteiger partial charge in [-0.15, -0.1) is 10.0 Å². The molecular weight excluding hydrogens is 1130 g/mol. The van der Waals surface area contributed by atoms with Crippen molar-refractivity contribution < 1.29 is 0 Å². The second kappa shape index (κ2) is 22.1. The van der Waals surface area contributed by atoms with Crippen LogP contribution in [0.3, 0.4) is 0 Å². The van der Waals surface area contributed by atoms with Crippen molar-refractivity contribution >= 4 is 76.7 Å². The minimum Gasteiger partial charge on any atom is -0.310 e. The maximum absolute atomic E-state index is 2.68. The molecule has 0 aliphatic carbocycles. The highest BCUT2D eigenvalue weighted by Crippen LogP contribution is 2.73. The monoisotopic (exact) mass is 1200 g/mol. The van der Waals surface area contributed by atoms with E-state index in [2.05, 4.69) is 348 Å². The van der Waals surface area contributed by atoms with E-state index in [1.54, 1.807) is 0 Å². The summed E-state index contributed by atoms with van der Waals surface area (Å²) >= 11 is 0. The Bertz CT molecular complexity index is 5010. The zero-order chi connectivity index (χ0) is 62.6. The highest BCUT2D eigenvalue weighted by atomic mass is 32.3. The number of benzene rings is 13. The fraction of sp³-hybridized carbons (Fsp3) is 0.114. The molecule has 0 radical (unpaired) electrons. The lowest BCUT2D eigenvalue weighted by Gasteiger charge is -2.42. The largest absolute Gasteiger partial charge is 0.310 e. The molecule has 0 N–H and O–H groups in total. The summed E-state index contributed by atoms with van der Waals surface area (Å²) in [5.41, 5.74) is 26.0. The summed E-state index contributed by atoms with van der Waals surface area (Å²) < 4.78 is 5.35. The van der Waals surface area contributed by atoms with E-state index in [0.717, 1.165) is 0 Å². The maximum atomic E-state index is 2.68. The van der Waals surface area contributed by atoms with E-state index in [0.29, 0.717) is 0 Å². The quantitative estimate of drug-likeness (QED) is 0.128. The van der Waals surface area contributed by atoms with Gasteiger partial charge in [-0.3, -0.25) is 0 Å². The molecule has 13 aromatic carbocycles. The Morgan fingerprint density at radius 3 is 1.02 bits per heavy atom. The van der Waals surface area contributed by atoms with Crippen LogP contribution in [0.1, 0.15) is 66.5 Å². The van der Waals surface area contributed by atoms with Gasteiger partial charge < -0.3 is 9.13 Å². The van der Waals surface area contributed by atoms with Crippen LogP contribution in [0.4, 0.5) is 0 Å². The van der Waals surface area contributed by atoms with Crippen LogP contribution in [0.2, 0.25) is 0 Å². The van der Waals surface area contributed by atoms with Gasteiger partial charge in [0.1, 0.15) is 0 Å². The topological polar surface area (TPSA) is 9.86 Å². The summed E-state index contributed by atoms with van der Waals surface area (Å²) in [6.45, 7) is 17.9. The van der Waals surface area contributed by atoms with Gasteiger partial charge in [-0.1, -0.05) is 256 Å². The second-order valence-electron chi connectivity index (χ2n) is 26.8. The molecule has 0 spiro atoms. The summed E-state index contributed by atoms with van der Waals surface area (Å²) in [5.74, 6) is 0. The molecule has 92 heavy (non-hydrogen) atoms. The number of rotatable bonds is 9. The Balaban J connectivity index is 0.00000334. The minimum absolute atomic E-state index is 0.0755. The van der Waals surface area contributed by atoms with Gasteiger partial charge in [0, 0.05) is 63.5 Å². The smallest absolute Gasteiger partial charge is 0.252 e. The predicted molar refractivity (Wildman–Crippen MR) is 396 cm³/mol. The van der Waals surface area contributed by atoms with Gasteiger partial charge in [-0.2, -0.15) is 0 Å². The summed E-state index contributed by atoms with van der Waals surface area (Å²) in [6, 6.07) is 113. The van der Waals surface area contributed by atoms with Crippen molar-refractivity contribution in [1.29, 1.82) is 0 Å². The molecule has 2 aliphatic heterocycles. The molecule has 0 fully saturated rings. The van der Waals surface area contributed by atoms with Gasteiger partial charge in [-0.25, -0.2) is 0 Å². The first-order chi connectivity index (χ1) is 44.9. The SMILES string of the molecule is CC.CC(C)(C)c1ccc2c(c1)c1cc(-c3ccccc3-c3ccccc3)cc3c1n2-c1cc(-c2cccc(S(c4ccccc4)(c4ccccc4)c4ccccc4)c2)cc2c1B3c1cc(-c3ccccc3-c3ccccc3)cc3c4cc(C(C)(C)C)ccc4n-2c13. The second-order valence-corrected chi connectivity index (χ2v) is 29.9. The molecule has 2 nitrogen and oxygen atoms in total. The van der Waals surface area contributed by atoms with Crippen LogP contribution in [0, 0.1) is 0 Å². The van der Waals surface area contributed by atoms with Crippen LogP contribution in [-0.2, 0) is 10.8 Å². The molecule has 17 rings (SSSR count). The molecule has 0 bridgehead atoms. The maximum Gasteiger partial charge on any atom is 0.252 e. The number of nitrogens with zero attached hydrogens (tertiary/aromatic N) is 2. The van der Waals surface area contributed by atoms with Gasteiger partial charge in [0.15, 0.2) is 0 Å². The van der Waals surface area contributed by atoms with Crippen molar-refractivity contribution in [3.05, 3.63) is 308 Å². The Morgan fingerprint density at radius 1 is 0.283 bits per heavy atom. The molecule has 0 atom stereocenters. The van der Waals surface area contributed by atoms with Crippen LogP contribution >= 0.6 is 10.0 Å². The van der Waals surface area contributed by atoms with Crippen LogP contribution in [0.25, 0.3) is 111 Å². The fourth-order valence-electron chi connectivity index (χ4n) is 15.2. The summed E-state index contributed by atoms with van der Waals surface area (Å²) in [7, 11) is -2.00. The van der Waals surface area contributed by atoms with Crippen molar-refractivity contribution in [3.63, 3.8) is 0 Å². The molecule has 15 aromatic rings. The van der Waals surface area contributed by atoms with Gasteiger partial charge in [0.2, 0.25) is 0 Å². The number of fused-ring (bicyclic) bond motifs is 10. The average molecular weight is 1200 g/mol. The van der Waals surface area contributed by atoms with E-state index in [1.807, 2.05) is 13.8 Å². The molecule has 2 aromatic heterocycles. The zero-order valence-corrected chi connectivity index (χ0v) is 54.5. The first kappa shape index (κ1) is 57.1. The predicted octanol–water partition coefficient (Wildman–Crippen LogP) is 22.3. The van der Waals surface area contributed by atoms with Crippen molar-refractivity contribution in [2.75, 3.05) is 0 Å². The molecule has 0 saturated heterocycles. The first-order valence-corrected chi connectivity index (χ1v) is 34.4. The fourth-order valence-corrected chi connectivity index (χ4v) is 19.2. The van der Waals surface area contributed by atoms with Gasteiger partial charge in [-0.05, 0) is 191 Å². The Morgan fingerprint density at radius 2 is 0.630 bits per heavy atom. The van der Waals surface area contributed by atoms with Crippen molar-refractivity contribution in [1.82, 2.24) is 9.13 Å². The van der Waals surface area contributed by atoms with Crippen LogP contribution in [0.5, 0.6) is 0 Å². The zero-order valence-electron chi connectivity index (χ0n) is 53.7. The Hall–Kier alpha value is -10.1. The molecular formula is C88H73BN2S. The lowest BCUT2D eigenvalue weighted by atomic mass is 9.34. The van der Waals surface area contributed by atoms with Crippen LogP contribution in [0.15, 0.2) is 317 Å². The van der Waals surface area contributed by atoms with Crippen molar-refractivity contribution in [3.8, 4) is 67.0 Å². The minimum atomic E-state index is -2.00. The van der Waals surface area contributed by atoms with E-state index in [1.165, 1.54) is 158 Å². The molecule has 444 valence electrons. The third kappa shape index (κ3) is 8.93. The van der Waals surface area contributed by atoms with Crippen molar-refractivity contribution in [2.24, 2.45) is 0 Å². The molecule has 0 unspecified atom stereocenters. The van der Waals surface area contributed by atoms with E-state index >= 15 is 0 Å². The van der Waals surface area contributed by atoms with Crippen molar-refractivity contribution in [2.45, 2.75) is 85.8 Å². The number of hydrogen-bond donors (Lipinski definition) is 0. The third-order valence-electron chi connectivity index (χ3n) is 19.5. The molecule has 4 heterocycles. The highest BCUT2D eigenvalue weighted by Gasteiger charge is 2.43. The van der Waals surface area contributed by atoms with Gasteiger partial charge in [0.25, 0.3) is 6.71 Å². The third-order valence-corrected chi connectivity index (χ3v) is 23.4. The Kier molecular flexibility index (Phi) is 13.7. The number of aromatic nitrogens is 2. The standard InChI is InChI=1S/C86H67BN2S.C2H6/c1-85(2,3)62-43-45-78-72(54-62)74-48-60(70-41-24-22-39-68(70)56-27-12-7-13-28-56)50-76-83(74)88(78)80-52-59(58-31-26-38-67(47-58)90(64-32-16-9-17-33-64,65-34-18-10-19-35-65)66-36-20-11-21-37-66)53-81-82(80)87(76)77-51-61(71-42-25-23-40-69(71)57-29-14-8-15-30-57)49-75-73-55-63(86(4,5)6)44-46-79(73)89(81)84(75)77;1-2/h7-55H,1-6H3;1-2H3. The van der Waals surface area contributed by atoms with E-state index in [4.69, 9.17) is 0 Å². The lowest BCUT2D eigenvalue weighted by Crippen LogP contribution is -2.59. The number of hydrogen-bond acceptors (Lipinski definition) is 0. The summed E-state index contributed by atoms with van der Waals surface area (Å²) in [5, 5.41) is 5.09. The van der Waals surface area contributed by atoms with E-state index < -0.39 is 10.0 Å². The summed E-state index contributed by atoms with van der Waals surface area (Å²) in [6.07, 6.45) is 0. The Labute approximate surface area is 543 Å². The van der Waals surface area contributed by atoms with Crippen LogP contribution in [-0.4, -0.2) is 15.8 Å². The summed E-state index contributed by atoms with van der Waals surface area (Å²) in [4.78, 5) is 5.21. The molecule has 0 saturated carbocycles. The van der Waals surface area contributed by atoms with Gasteiger partial charge >= 0.3 is 0 Å². The van der Waals surface area contributed by atoms with E-state index in [-0.39, 0.29) is 17.5 Å². The molecule has 4 heteroatoms. The average Bonchev–Trinajstić information content (AvgIpc) is 1.45. The van der Waals surface area contributed by atoms with Crippen LogP contribution < -0.4 is 16.4 Å². The van der Waals surface area contributed by atoms with Gasteiger partial charge in [0.05, 0.1) is 11.0 Å². The normalized spacial score (nSPS) is 12.7. The van der Waals surface area contributed by atoms with E-state index in [9.17, 15) is 0 Å².